The molecule has 0 aliphatic heterocycles. The Kier molecular flexibility index (Phi) is 15.1. The zero-order chi connectivity index (χ0) is 33.1. The molecule has 0 saturated carbocycles. The largest absolute Gasteiger partial charge is 0.321 e. The summed E-state index contributed by atoms with van der Waals surface area (Å²) in [6.07, 6.45) is 1.77. The lowest BCUT2D eigenvalue weighted by molar-refractivity contribution is -0.130. The first-order chi connectivity index (χ1) is 20.6. The monoisotopic (exact) mass is 690 g/mol. The number of benzene rings is 2. The van der Waals surface area contributed by atoms with Crippen LogP contribution in [0.4, 0.5) is 0 Å². The number of sulfonamides is 2. The summed E-state index contributed by atoms with van der Waals surface area (Å²) in [5, 5.41) is -3.50. The Morgan fingerprint density at radius 2 is 0.932 bits per heavy atom. The number of nitrogens with two attached hydrogens (primary N) is 2. The average molecular weight is 692 g/mol. The lowest BCUT2D eigenvalue weighted by Gasteiger charge is -2.18. The number of Topliss-reactive ketones (excluding diaryl/α,β-unsaturated/α-hetero) is 3. The van der Waals surface area contributed by atoms with Crippen LogP contribution in [0, 0.1) is 13.8 Å². The zero-order valence-electron chi connectivity index (χ0n) is 24.7. The van der Waals surface area contributed by atoms with Crippen molar-refractivity contribution in [3.63, 3.8) is 0 Å². The number of hydrogen-bond acceptors (Lipinski definition) is 9. The van der Waals surface area contributed by atoms with Crippen LogP contribution in [0.15, 0.2) is 58.3 Å². The van der Waals surface area contributed by atoms with Crippen LogP contribution < -0.4 is 20.9 Å². The Balaban J connectivity index is 1.71. The minimum atomic E-state index is -3.67. The van der Waals surface area contributed by atoms with E-state index in [1.807, 2.05) is 13.8 Å². The molecule has 4 atom stereocenters. The summed E-state index contributed by atoms with van der Waals surface area (Å²) in [6.45, 7) is 3.94. The van der Waals surface area contributed by atoms with E-state index in [1.165, 1.54) is 24.3 Å². The topological polar surface area (TPSA) is 196 Å². The number of hydrogen-bond donors (Lipinski definition) is 4. The quantitative estimate of drug-likeness (QED) is 0.0917. The second-order valence-electron chi connectivity index (χ2n) is 10.6. The maximum atomic E-state index is 12.6. The fourth-order valence-corrected chi connectivity index (χ4v) is 6.85. The molecule has 0 spiro atoms. The maximum Gasteiger partial charge on any atom is 0.240 e. The second kappa shape index (κ2) is 17.5. The van der Waals surface area contributed by atoms with Crippen LogP contribution in [0.1, 0.15) is 49.7 Å². The predicted molar refractivity (Wildman–Crippen MR) is 171 cm³/mol. The number of nitrogens with one attached hydrogen (secondary N) is 2. The standard InChI is InChI=1S/C29H40Cl2N4O7S2/c1-19-9-13-21(14-10-19)43(39,40)34-17-5-3-7-23(32)27(36)25(30)29(38)26(31)28(37)24(33)8-4-6-18-35-44(41,42)22-15-11-20(2)12-16-22/h9-16,23-26,34-35H,3-8,17-18,32-33H2,1-2H3/t23-,24-,25?,26?/m0/s1. The Labute approximate surface area is 269 Å². The summed E-state index contributed by atoms with van der Waals surface area (Å²) in [4.78, 5) is 38.2. The van der Waals surface area contributed by atoms with Crippen LogP contribution in [0.2, 0.25) is 0 Å². The Bertz CT molecular complexity index is 1380. The third kappa shape index (κ3) is 11.6. The van der Waals surface area contributed by atoms with E-state index < -0.39 is 60.2 Å². The number of alkyl halides is 2. The zero-order valence-corrected chi connectivity index (χ0v) is 27.8. The van der Waals surface area contributed by atoms with Gasteiger partial charge in [-0.05, 0) is 63.8 Å². The minimum absolute atomic E-state index is 0.120. The molecule has 0 aliphatic rings. The molecule has 0 amide bonds. The lowest BCUT2D eigenvalue weighted by atomic mass is 9.96. The SMILES string of the molecule is Cc1ccc(S(=O)(=O)NCCCC[C@H](N)C(=O)C(Cl)C(=O)C(Cl)C(=O)[C@@H](N)CCCCNS(=O)(=O)c2ccc(C)cc2)cc1. The van der Waals surface area contributed by atoms with Gasteiger partial charge >= 0.3 is 0 Å². The van der Waals surface area contributed by atoms with Crippen molar-refractivity contribution >= 4 is 60.6 Å². The molecular weight excluding hydrogens is 651 g/mol. The summed E-state index contributed by atoms with van der Waals surface area (Å²) < 4.78 is 54.3. The van der Waals surface area contributed by atoms with Crippen molar-refractivity contribution in [2.75, 3.05) is 13.1 Å². The van der Waals surface area contributed by atoms with Gasteiger partial charge in [0.2, 0.25) is 20.0 Å². The van der Waals surface area contributed by atoms with E-state index in [-0.39, 0.29) is 35.7 Å². The minimum Gasteiger partial charge on any atom is -0.321 e. The highest BCUT2D eigenvalue weighted by Crippen LogP contribution is 2.16. The molecular formula is C29H40Cl2N4O7S2. The average Bonchev–Trinajstić information content (AvgIpc) is 2.98. The molecule has 6 N–H and O–H groups in total. The maximum absolute atomic E-state index is 12.6. The van der Waals surface area contributed by atoms with E-state index >= 15 is 0 Å². The Morgan fingerprint density at radius 1 is 0.614 bits per heavy atom. The number of carbonyl (C=O) groups excluding carboxylic acids is 3. The van der Waals surface area contributed by atoms with Gasteiger partial charge in [0.05, 0.1) is 21.9 Å². The molecule has 15 heteroatoms. The van der Waals surface area contributed by atoms with E-state index in [4.69, 9.17) is 34.7 Å². The lowest BCUT2D eigenvalue weighted by Crippen LogP contribution is -2.47. The number of rotatable bonds is 20. The van der Waals surface area contributed by atoms with E-state index in [0.717, 1.165) is 11.1 Å². The summed E-state index contributed by atoms with van der Waals surface area (Å²) in [5.74, 6) is -2.62. The van der Waals surface area contributed by atoms with Gasteiger partial charge in [-0.1, -0.05) is 48.2 Å². The first-order valence-electron chi connectivity index (χ1n) is 14.1. The molecule has 0 fully saturated rings. The normalized spacial score (nSPS) is 14.9. The fraction of sp³-hybridized carbons (Fsp3) is 0.483. The van der Waals surface area contributed by atoms with E-state index in [2.05, 4.69) is 9.44 Å². The van der Waals surface area contributed by atoms with Crippen molar-refractivity contribution < 1.29 is 31.2 Å². The molecule has 0 aromatic heterocycles. The van der Waals surface area contributed by atoms with Crippen molar-refractivity contribution in [3.8, 4) is 0 Å². The van der Waals surface area contributed by atoms with Gasteiger partial charge in [-0.15, -0.1) is 23.2 Å². The van der Waals surface area contributed by atoms with Gasteiger partial charge in [0, 0.05) is 13.1 Å². The summed E-state index contributed by atoms with van der Waals surface area (Å²) in [7, 11) is -7.34. The molecule has 0 saturated heterocycles. The fourth-order valence-electron chi connectivity index (χ4n) is 4.06. The van der Waals surface area contributed by atoms with E-state index in [1.54, 1.807) is 24.3 Å². The van der Waals surface area contributed by atoms with Gasteiger partial charge in [0.25, 0.3) is 0 Å². The van der Waals surface area contributed by atoms with Crippen molar-refractivity contribution in [3.05, 3.63) is 59.7 Å². The van der Waals surface area contributed by atoms with Gasteiger partial charge < -0.3 is 11.5 Å². The molecule has 2 rings (SSSR count). The van der Waals surface area contributed by atoms with Gasteiger partial charge in [0.1, 0.15) is 0 Å². The molecule has 244 valence electrons. The summed E-state index contributed by atoms with van der Waals surface area (Å²) in [5.41, 5.74) is 13.7. The third-order valence-corrected chi connectivity index (χ3v) is 10.7. The van der Waals surface area contributed by atoms with Gasteiger partial charge in [-0.2, -0.15) is 0 Å². The number of ketones is 3. The van der Waals surface area contributed by atoms with Crippen LogP contribution in [-0.4, -0.2) is 70.1 Å². The van der Waals surface area contributed by atoms with Gasteiger partial charge in [-0.25, -0.2) is 26.3 Å². The van der Waals surface area contributed by atoms with Crippen LogP contribution in [0.3, 0.4) is 0 Å². The van der Waals surface area contributed by atoms with Gasteiger partial charge in [0.15, 0.2) is 28.1 Å². The smallest absolute Gasteiger partial charge is 0.240 e. The first kappa shape index (κ1) is 38.0. The molecule has 0 aliphatic carbocycles. The predicted octanol–water partition coefficient (Wildman–Crippen LogP) is 2.48. The van der Waals surface area contributed by atoms with Crippen molar-refractivity contribution in [1.82, 2.24) is 9.44 Å². The van der Waals surface area contributed by atoms with E-state index in [9.17, 15) is 31.2 Å². The third-order valence-electron chi connectivity index (χ3n) is 6.86. The molecule has 0 heterocycles. The summed E-state index contributed by atoms with van der Waals surface area (Å²) in [6, 6.07) is 10.6. The molecule has 44 heavy (non-hydrogen) atoms. The van der Waals surface area contributed by atoms with E-state index in [0.29, 0.717) is 25.7 Å². The Morgan fingerprint density at radius 3 is 1.25 bits per heavy atom. The van der Waals surface area contributed by atoms with Crippen LogP contribution >= 0.6 is 23.2 Å². The molecule has 2 aromatic rings. The number of aryl methyl sites for hydroxylation is 2. The van der Waals surface area contributed by atoms with Crippen molar-refractivity contribution in [2.45, 2.75) is 85.0 Å². The molecule has 0 bridgehead atoms. The van der Waals surface area contributed by atoms with Crippen LogP contribution in [0.5, 0.6) is 0 Å². The van der Waals surface area contributed by atoms with Crippen molar-refractivity contribution in [1.29, 1.82) is 0 Å². The number of unbranched alkanes of at least 4 members (excludes halogenated alkanes) is 2. The first-order valence-corrected chi connectivity index (χ1v) is 17.9. The molecule has 2 aromatic carbocycles. The molecule has 11 nitrogen and oxygen atoms in total. The second-order valence-corrected chi connectivity index (χ2v) is 15.0. The highest BCUT2D eigenvalue weighted by molar-refractivity contribution is 7.89. The number of carbonyl (C=O) groups is 3. The molecule has 2 unspecified atom stereocenters. The number of halogens is 2. The van der Waals surface area contributed by atoms with Crippen LogP contribution in [-0.2, 0) is 34.4 Å². The summed E-state index contributed by atoms with van der Waals surface area (Å²) >= 11 is 12.1. The highest BCUT2D eigenvalue weighted by Gasteiger charge is 2.37. The molecule has 0 radical (unpaired) electrons. The van der Waals surface area contributed by atoms with Crippen molar-refractivity contribution in [2.24, 2.45) is 11.5 Å². The highest BCUT2D eigenvalue weighted by atomic mass is 35.5. The Hall–Kier alpha value is -2.23. The van der Waals surface area contributed by atoms with Gasteiger partial charge in [-0.3, -0.25) is 14.4 Å². The van der Waals surface area contributed by atoms with Crippen LogP contribution in [0.25, 0.3) is 0 Å².